The third kappa shape index (κ3) is 4.48. The molecule has 5 heteroatoms. The molecule has 2 heterocycles. The van der Waals surface area contributed by atoms with Gasteiger partial charge in [-0.25, -0.2) is 5.90 Å². The van der Waals surface area contributed by atoms with E-state index in [2.05, 4.69) is 73.3 Å². The Kier molecular flexibility index (Phi) is 6.70. The van der Waals surface area contributed by atoms with Gasteiger partial charge >= 0.3 is 0 Å². The van der Waals surface area contributed by atoms with Crippen LogP contribution in [0.15, 0.2) is 66.9 Å². The molecule has 0 bridgehead atoms. The van der Waals surface area contributed by atoms with Gasteiger partial charge in [0.15, 0.2) is 0 Å². The number of nitrogens with zero attached hydrogens (tertiary/aromatic N) is 2. The van der Waals surface area contributed by atoms with E-state index in [0.29, 0.717) is 6.61 Å². The van der Waals surface area contributed by atoms with Crippen molar-refractivity contribution < 1.29 is 9.57 Å². The lowest BCUT2D eigenvalue weighted by Gasteiger charge is -2.26. The minimum absolute atomic E-state index is 0.363. The van der Waals surface area contributed by atoms with Gasteiger partial charge in [-0.1, -0.05) is 48.5 Å². The number of aromatic nitrogens is 1. The molecule has 5 rings (SSSR count). The molecule has 1 aliphatic rings. The number of fused-ring (bicyclic) bond motifs is 1. The van der Waals surface area contributed by atoms with Crippen molar-refractivity contribution in [2.24, 2.45) is 5.90 Å². The highest BCUT2D eigenvalue weighted by atomic mass is 16.6. The summed E-state index contributed by atoms with van der Waals surface area (Å²) in [6.07, 6.45) is 1.89. The summed E-state index contributed by atoms with van der Waals surface area (Å²) in [5, 5.41) is 1.17. The van der Waals surface area contributed by atoms with Gasteiger partial charge < -0.3 is 4.74 Å². The number of nitrogens with two attached hydrogens (primary N) is 1. The van der Waals surface area contributed by atoms with Crippen molar-refractivity contribution >= 4 is 10.9 Å². The van der Waals surface area contributed by atoms with E-state index < -0.39 is 0 Å². The third-order valence-corrected chi connectivity index (χ3v) is 6.78. The van der Waals surface area contributed by atoms with Crippen molar-refractivity contribution in [3.8, 4) is 22.3 Å². The zero-order valence-corrected chi connectivity index (χ0v) is 19.9. The Morgan fingerprint density at radius 2 is 1.74 bits per heavy atom. The van der Waals surface area contributed by atoms with Crippen molar-refractivity contribution in [1.29, 1.82) is 0 Å². The first-order valence-corrected chi connectivity index (χ1v) is 11.8. The quantitative estimate of drug-likeness (QED) is 0.396. The van der Waals surface area contributed by atoms with Crippen LogP contribution in [0.1, 0.15) is 22.3 Å². The molecule has 0 radical (unpaired) electrons. The maximum absolute atomic E-state index is 5.48. The first-order chi connectivity index (χ1) is 16.7. The number of pyridine rings is 1. The van der Waals surface area contributed by atoms with E-state index in [4.69, 9.17) is 20.5 Å². The van der Waals surface area contributed by atoms with Gasteiger partial charge in [-0.2, -0.15) is 0 Å². The summed E-state index contributed by atoms with van der Waals surface area (Å²) in [7, 11) is 0. The second-order valence-corrected chi connectivity index (χ2v) is 9.00. The predicted molar refractivity (Wildman–Crippen MR) is 137 cm³/mol. The lowest BCUT2D eigenvalue weighted by molar-refractivity contribution is 0.0342. The maximum atomic E-state index is 5.48. The molecule has 0 spiro atoms. The van der Waals surface area contributed by atoms with Crippen molar-refractivity contribution in [3.05, 3.63) is 89.1 Å². The number of rotatable bonds is 6. The van der Waals surface area contributed by atoms with E-state index in [0.717, 1.165) is 55.1 Å². The summed E-state index contributed by atoms with van der Waals surface area (Å²) in [6.45, 7) is 9.35. The molecule has 174 valence electrons. The van der Waals surface area contributed by atoms with Crippen LogP contribution in [0.4, 0.5) is 0 Å². The van der Waals surface area contributed by atoms with Gasteiger partial charge in [0.25, 0.3) is 0 Å². The number of morpholine rings is 1. The van der Waals surface area contributed by atoms with Crippen LogP contribution in [-0.2, 0) is 22.7 Å². The molecule has 0 atom stereocenters. The van der Waals surface area contributed by atoms with Gasteiger partial charge in [-0.15, -0.1) is 0 Å². The summed E-state index contributed by atoms with van der Waals surface area (Å²) < 4.78 is 5.48. The fourth-order valence-electron chi connectivity index (χ4n) is 5.14. The smallest absolute Gasteiger partial charge is 0.0936 e. The molecule has 3 aromatic carbocycles. The van der Waals surface area contributed by atoms with Crippen molar-refractivity contribution in [3.63, 3.8) is 0 Å². The SMILES string of the molecule is Cc1cc2nccc(-c3ccccc3CON)c2c(C)c1-c1ccc(CN2CCOCC2)cc1. The Bertz CT molecular complexity index is 1300. The van der Waals surface area contributed by atoms with Gasteiger partial charge in [-0.05, 0) is 70.5 Å². The lowest BCUT2D eigenvalue weighted by Crippen LogP contribution is -2.35. The largest absolute Gasteiger partial charge is 0.379 e. The van der Waals surface area contributed by atoms with Crippen LogP contribution in [0.5, 0.6) is 0 Å². The molecule has 1 saturated heterocycles. The number of ether oxygens (including phenoxy) is 1. The van der Waals surface area contributed by atoms with E-state index in [1.807, 2.05) is 12.3 Å². The molecule has 2 N–H and O–H groups in total. The Balaban J connectivity index is 1.57. The predicted octanol–water partition coefficient (Wildman–Crippen LogP) is 5.41. The molecular formula is C29H31N3O2. The summed E-state index contributed by atoms with van der Waals surface area (Å²) in [6, 6.07) is 21.6. The van der Waals surface area contributed by atoms with Crippen LogP contribution in [-0.4, -0.2) is 36.2 Å². The zero-order valence-electron chi connectivity index (χ0n) is 19.9. The number of aryl methyl sites for hydroxylation is 2. The van der Waals surface area contributed by atoms with Gasteiger partial charge in [0.1, 0.15) is 0 Å². The van der Waals surface area contributed by atoms with Gasteiger partial charge in [0.05, 0.1) is 25.3 Å². The van der Waals surface area contributed by atoms with E-state index in [-0.39, 0.29) is 0 Å². The standard InChI is InChI=1S/C29H31N3O2/c1-20-17-27-29(26(11-12-31-27)25-6-4-3-5-24(25)19-34-30)21(2)28(20)23-9-7-22(8-10-23)18-32-13-15-33-16-14-32/h3-12,17H,13-16,18-19,30H2,1-2H3. The average molecular weight is 454 g/mol. The Labute approximate surface area is 201 Å². The maximum Gasteiger partial charge on any atom is 0.0936 e. The number of hydrogen-bond acceptors (Lipinski definition) is 5. The van der Waals surface area contributed by atoms with Crippen molar-refractivity contribution in [1.82, 2.24) is 9.88 Å². The molecule has 0 amide bonds. The van der Waals surface area contributed by atoms with Crippen LogP contribution < -0.4 is 5.90 Å². The molecule has 1 aliphatic heterocycles. The molecule has 0 saturated carbocycles. The Morgan fingerprint density at radius 3 is 2.50 bits per heavy atom. The van der Waals surface area contributed by atoms with E-state index in [1.54, 1.807) is 0 Å². The third-order valence-electron chi connectivity index (χ3n) is 6.78. The minimum atomic E-state index is 0.363. The van der Waals surface area contributed by atoms with Crippen LogP contribution in [0.2, 0.25) is 0 Å². The number of hydrogen-bond donors (Lipinski definition) is 1. The molecule has 5 nitrogen and oxygen atoms in total. The first-order valence-electron chi connectivity index (χ1n) is 11.8. The summed E-state index contributed by atoms with van der Waals surface area (Å²) in [5.74, 6) is 5.42. The molecule has 34 heavy (non-hydrogen) atoms. The lowest BCUT2D eigenvalue weighted by atomic mass is 9.88. The van der Waals surface area contributed by atoms with Crippen molar-refractivity contribution in [2.45, 2.75) is 27.0 Å². The molecular weight excluding hydrogens is 422 g/mol. The molecule has 1 fully saturated rings. The fraction of sp³-hybridized carbons (Fsp3) is 0.276. The van der Waals surface area contributed by atoms with Gasteiger partial charge in [0.2, 0.25) is 0 Å². The number of benzene rings is 3. The Hall–Kier alpha value is -3.09. The second-order valence-electron chi connectivity index (χ2n) is 9.00. The first kappa shape index (κ1) is 22.7. The summed E-state index contributed by atoms with van der Waals surface area (Å²) >= 11 is 0. The van der Waals surface area contributed by atoms with Gasteiger partial charge in [-0.3, -0.25) is 14.7 Å². The molecule has 0 aliphatic carbocycles. The van der Waals surface area contributed by atoms with E-state index >= 15 is 0 Å². The highest BCUT2D eigenvalue weighted by molar-refractivity contribution is 6.01. The minimum Gasteiger partial charge on any atom is -0.379 e. The normalized spacial score (nSPS) is 14.6. The summed E-state index contributed by atoms with van der Waals surface area (Å²) in [5.41, 5.74) is 10.6. The van der Waals surface area contributed by atoms with E-state index in [1.165, 1.54) is 33.2 Å². The van der Waals surface area contributed by atoms with E-state index in [9.17, 15) is 0 Å². The summed E-state index contributed by atoms with van der Waals surface area (Å²) in [4.78, 5) is 12.1. The molecule has 0 unspecified atom stereocenters. The second kappa shape index (κ2) is 10.0. The van der Waals surface area contributed by atoms with Gasteiger partial charge in [0, 0.05) is 31.2 Å². The van der Waals surface area contributed by atoms with Crippen LogP contribution >= 0.6 is 0 Å². The topological polar surface area (TPSA) is 60.6 Å². The Morgan fingerprint density at radius 1 is 0.971 bits per heavy atom. The van der Waals surface area contributed by atoms with Crippen LogP contribution in [0.3, 0.4) is 0 Å². The van der Waals surface area contributed by atoms with Crippen LogP contribution in [0, 0.1) is 13.8 Å². The molecule has 1 aromatic heterocycles. The molecule has 4 aromatic rings. The fourth-order valence-corrected chi connectivity index (χ4v) is 5.14. The monoisotopic (exact) mass is 453 g/mol. The highest BCUT2D eigenvalue weighted by Gasteiger charge is 2.17. The average Bonchev–Trinajstić information content (AvgIpc) is 2.86. The highest BCUT2D eigenvalue weighted by Crippen LogP contribution is 2.38. The zero-order chi connectivity index (χ0) is 23.5. The van der Waals surface area contributed by atoms with Crippen LogP contribution in [0.25, 0.3) is 33.2 Å². The van der Waals surface area contributed by atoms with Crippen molar-refractivity contribution in [2.75, 3.05) is 26.3 Å².